The minimum Gasteiger partial charge on any atom is -0.444 e. The molecule has 2 aliphatic carbocycles. The van der Waals surface area contributed by atoms with Crippen LogP contribution in [-0.2, 0) is 4.74 Å². The third-order valence-corrected chi connectivity index (χ3v) is 4.18. The maximum absolute atomic E-state index is 11.7. The summed E-state index contributed by atoms with van der Waals surface area (Å²) in [5.74, 6) is 0. The van der Waals surface area contributed by atoms with E-state index >= 15 is 0 Å². The van der Waals surface area contributed by atoms with Crippen molar-refractivity contribution in [3.63, 3.8) is 0 Å². The van der Waals surface area contributed by atoms with Crippen molar-refractivity contribution in [1.82, 2.24) is 10.6 Å². The standard InChI is InChI=1S/C13H24N2O2/c1-12(2,3)17-11(16)15-10-8-9(14-4)13(10)6-5-7-13/h9-10,14H,5-8H2,1-4H3,(H,15,16). The lowest BCUT2D eigenvalue weighted by Crippen LogP contribution is -2.70. The van der Waals surface area contributed by atoms with Gasteiger partial charge in [0.2, 0.25) is 0 Å². The van der Waals surface area contributed by atoms with E-state index < -0.39 is 5.60 Å². The van der Waals surface area contributed by atoms with Crippen LogP contribution in [0.2, 0.25) is 0 Å². The van der Waals surface area contributed by atoms with E-state index in [-0.39, 0.29) is 6.09 Å². The highest BCUT2D eigenvalue weighted by Crippen LogP contribution is 2.55. The average molecular weight is 240 g/mol. The Kier molecular flexibility index (Phi) is 3.10. The second-order valence-corrected chi connectivity index (χ2v) is 6.36. The zero-order valence-electron chi connectivity index (χ0n) is 11.3. The molecular formula is C13H24N2O2. The Morgan fingerprint density at radius 3 is 2.35 bits per heavy atom. The van der Waals surface area contributed by atoms with E-state index in [4.69, 9.17) is 4.74 Å². The number of nitrogens with one attached hydrogen (secondary N) is 2. The number of carbonyl (C=O) groups is 1. The first-order chi connectivity index (χ1) is 7.87. The molecule has 1 amide bonds. The number of ether oxygens (including phenoxy) is 1. The fraction of sp³-hybridized carbons (Fsp3) is 0.923. The Morgan fingerprint density at radius 2 is 1.94 bits per heavy atom. The number of amides is 1. The van der Waals surface area contributed by atoms with Crippen molar-refractivity contribution in [2.45, 2.75) is 64.1 Å². The van der Waals surface area contributed by atoms with Gasteiger partial charge in [0.1, 0.15) is 5.60 Å². The largest absolute Gasteiger partial charge is 0.444 e. The van der Waals surface area contributed by atoms with Crippen LogP contribution in [0.3, 0.4) is 0 Å². The van der Waals surface area contributed by atoms with Crippen LogP contribution in [0.1, 0.15) is 46.5 Å². The first kappa shape index (κ1) is 12.7. The summed E-state index contributed by atoms with van der Waals surface area (Å²) >= 11 is 0. The van der Waals surface area contributed by atoms with Gasteiger partial charge in [0.15, 0.2) is 0 Å². The van der Waals surface area contributed by atoms with Gasteiger partial charge in [-0.25, -0.2) is 4.79 Å². The molecule has 2 saturated carbocycles. The topological polar surface area (TPSA) is 50.4 Å². The second kappa shape index (κ2) is 4.16. The number of hydrogen-bond acceptors (Lipinski definition) is 3. The molecule has 4 heteroatoms. The Labute approximate surface area is 103 Å². The minimum absolute atomic E-state index is 0.275. The van der Waals surface area contributed by atoms with Gasteiger partial charge in [-0.15, -0.1) is 0 Å². The number of carbonyl (C=O) groups excluding carboxylic acids is 1. The SMILES string of the molecule is CNC1CC(NC(=O)OC(C)(C)C)C12CCC2. The Bertz CT molecular complexity index is 305. The normalized spacial score (nSPS) is 30.4. The van der Waals surface area contributed by atoms with E-state index in [0.29, 0.717) is 17.5 Å². The summed E-state index contributed by atoms with van der Waals surface area (Å²) in [4.78, 5) is 11.7. The van der Waals surface area contributed by atoms with E-state index in [2.05, 4.69) is 10.6 Å². The van der Waals surface area contributed by atoms with E-state index in [1.807, 2.05) is 27.8 Å². The molecule has 0 heterocycles. The quantitative estimate of drug-likeness (QED) is 0.776. The van der Waals surface area contributed by atoms with E-state index in [0.717, 1.165) is 6.42 Å². The summed E-state index contributed by atoms with van der Waals surface area (Å²) in [6.07, 6.45) is 4.47. The van der Waals surface area contributed by atoms with Crippen LogP contribution in [0.15, 0.2) is 0 Å². The Balaban J connectivity index is 1.87. The highest BCUT2D eigenvalue weighted by atomic mass is 16.6. The van der Waals surface area contributed by atoms with Gasteiger partial charge in [-0.2, -0.15) is 0 Å². The fourth-order valence-corrected chi connectivity index (χ4v) is 3.13. The zero-order chi connectivity index (χ0) is 12.7. The third kappa shape index (κ3) is 2.28. The molecule has 0 radical (unpaired) electrons. The van der Waals surface area contributed by atoms with Crippen molar-refractivity contribution in [2.75, 3.05) is 7.05 Å². The predicted molar refractivity (Wildman–Crippen MR) is 66.9 cm³/mol. The van der Waals surface area contributed by atoms with Crippen molar-refractivity contribution in [2.24, 2.45) is 5.41 Å². The summed E-state index contributed by atoms with van der Waals surface area (Å²) in [6.45, 7) is 5.68. The Morgan fingerprint density at radius 1 is 1.29 bits per heavy atom. The summed E-state index contributed by atoms with van der Waals surface area (Å²) in [5.41, 5.74) is -0.103. The molecule has 2 N–H and O–H groups in total. The molecule has 0 aliphatic heterocycles. The number of hydrogen-bond donors (Lipinski definition) is 2. The monoisotopic (exact) mass is 240 g/mol. The van der Waals surface area contributed by atoms with Gasteiger partial charge in [-0.1, -0.05) is 6.42 Å². The molecule has 2 unspecified atom stereocenters. The summed E-state index contributed by atoms with van der Waals surface area (Å²) in [5, 5.41) is 6.38. The summed E-state index contributed by atoms with van der Waals surface area (Å²) in [7, 11) is 2.01. The maximum Gasteiger partial charge on any atom is 0.407 e. The van der Waals surface area contributed by atoms with Crippen molar-refractivity contribution in [3.8, 4) is 0 Å². The average Bonchev–Trinajstić information content (AvgIpc) is 2.05. The minimum atomic E-state index is -0.414. The van der Waals surface area contributed by atoms with Crippen LogP contribution in [0, 0.1) is 5.41 Å². The maximum atomic E-state index is 11.7. The van der Waals surface area contributed by atoms with Gasteiger partial charge in [0.05, 0.1) is 0 Å². The van der Waals surface area contributed by atoms with Gasteiger partial charge >= 0.3 is 6.09 Å². The van der Waals surface area contributed by atoms with Gasteiger partial charge in [-0.3, -0.25) is 0 Å². The van der Waals surface area contributed by atoms with Crippen LogP contribution in [0.25, 0.3) is 0 Å². The number of alkyl carbamates (subject to hydrolysis) is 1. The number of rotatable bonds is 2. The molecule has 2 aliphatic rings. The predicted octanol–water partition coefficient (Wildman–Crippen LogP) is 2.04. The molecule has 0 saturated heterocycles. The molecule has 0 bridgehead atoms. The van der Waals surface area contributed by atoms with Crippen LogP contribution >= 0.6 is 0 Å². The molecule has 0 aromatic heterocycles. The highest BCUT2D eigenvalue weighted by molar-refractivity contribution is 5.68. The van der Waals surface area contributed by atoms with E-state index in [9.17, 15) is 4.79 Å². The smallest absolute Gasteiger partial charge is 0.407 e. The van der Waals surface area contributed by atoms with Crippen LogP contribution in [-0.4, -0.2) is 30.8 Å². The van der Waals surface area contributed by atoms with Crippen molar-refractivity contribution in [3.05, 3.63) is 0 Å². The van der Waals surface area contributed by atoms with Crippen LogP contribution in [0.4, 0.5) is 4.79 Å². The molecular weight excluding hydrogens is 216 g/mol. The van der Waals surface area contributed by atoms with Crippen molar-refractivity contribution in [1.29, 1.82) is 0 Å². The lowest BCUT2D eigenvalue weighted by molar-refractivity contribution is -0.0586. The molecule has 2 atom stereocenters. The first-order valence-corrected chi connectivity index (χ1v) is 6.54. The fourth-order valence-electron chi connectivity index (χ4n) is 3.13. The molecule has 4 nitrogen and oxygen atoms in total. The molecule has 98 valence electrons. The molecule has 2 fully saturated rings. The van der Waals surface area contributed by atoms with Gasteiger partial charge < -0.3 is 15.4 Å². The third-order valence-electron chi connectivity index (χ3n) is 4.18. The van der Waals surface area contributed by atoms with Gasteiger partial charge in [0.25, 0.3) is 0 Å². The molecule has 1 spiro atoms. The van der Waals surface area contributed by atoms with Crippen LogP contribution in [0.5, 0.6) is 0 Å². The lowest BCUT2D eigenvalue weighted by Gasteiger charge is -2.61. The summed E-state index contributed by atoms with van der Waals surface area (Å²) < 4.78 is 5.30. The molecule has 0 aromatic rings. The molecule has 0 aromatic carbocycles. The van der Waals surface area contributed by atoms with E-state index in [1.54, 1.807) is 0 Å². The molecule has 17 heavy (non-hydrogen) atoms. The first-order valence-electron chi connectivity index (χ1n) is 6.54. The highest BCUT2D eigenvalue weighted by Gasteiger charge is 2.58. The Hall–Kier alpha value is -0.770. The van der Waals surface area contributed by atoms with Gasteiger partial charge in [0, 0.05) is 17.5 Å². The van der Waals surface area contributed by atoms with Crippen molar-refractivity contribution < 1.29 is 9.53 Å². The lowest BCUT2D eigenvalue weighted by atomic mass is 9.50. The second-order valence-electron chi connectivity index (χ2n) is 6.36. The zero-order valence-corrected chi connectivity index (χ0v) is 11.3. The van der Waals surface area contributed by atoms with Gasteiger partial charge in [-0.05, 0) is 47.1 Å². The van der Waals surface area contributed by atoms with E-state index in [1.165, 1.54) is 19.3 Å². The molecule has 2 rings (SSSR count). The van der Waals surface area contributed by atoms with Crippen LogP contribution < -0.4 is 10.6 Å². The van der Waals surface area contributed by atoms with Crippen molar-refractivity contribution >= 4 is 6.09 Å². The summed E-state index contributed by atoms with van der Waals surface area (Å²) in [6, 6.07) is 0.861.